The van der Waals surface area contributed by atoms with Crippen molar-refractivity contribution in [2.45, 2.75) is 12.1 Å². The van der Waals surface area contributed by atoms with Crippen molar-refractivity contribution in [3.8, 4) is 22.9 Å². The van der Waals surface area contributed by atoms with Crippen molar-refractivity contribution in [1.82, 2.24) is 14.9 Å². The van der Waals surface area contributed by atoms with E-state index in [1.807, 2.05) is 66.7 Å². The van der Waals surface area contributed by atoms with E-state index in [9.17, 15) is 0 Å². The standard InChI is InChI=1S/C27H26N4O3S/c1-32-19-11-9-18(10-12-19)30-16-6-8-22(30)26-25(21-7-4-5-15-28-21)29-27(35)31(26)23-17-20(33-2)13-14-24(23)34-3/h4-17,25-26H,1-3H3,(H,29,35)/t25-,26+/m1/s1. The number of benzene rings is 2. The number of methoxy groups -OCH3 is 3. The van der Waals surface area contributed by atoms with E-state index in [4.69, 9.17) is 26.4 Å². The summed E-state index contributed by atoms with van der Waals surface area (Å²) in [6.45, 7) is 0. The first kappa shape index (κ1) is 22.7. The molecule has 2 aromatic carbocycles. The predicted octanol–water partition coefficient (Wildman–Crippen LogP) is 5.08. The lowest BCUT2D eigenvalue weighted by Crippen LogP contribution is -2.30. The average molecular weight is 487 g/mol. The van der Waals surface area contributed by atoms with Crippen molar-refractivity contribution in [3.63, 3.8) is 0 Å². The van der Waals surface area contributed by atoms with E-state index in [0.717, 1.165) is 28.5 Å². The zero-order chi connectivity index (χ0) is 24.4. The highest BCUT2D eigenvalue weighted by atomic mass is 32.1. The smallest absolute Gasteiger partial charge is 0.174 e. The highest BCUT2D eigenvalue weighted by molar-refractivity contribution is 7.80. The van der Waals surface area contributed by atoms with Gasteiger partial charge in [0.25, 0.3) is 0 Å². The van der Waals surface area contributed by atoms with E-state index in [2.05, 4.69) is 32.0 Å². The van der Waals surface area contributed by atoms with Crippen LogP contribution in [0.3, 0.4) is 0 Å². The van der Waals surface area contributed by atoms with Gasteiger partial charge in [-0.3, -0.25) is 4.98 Å². The first-order valence-electron chi connectivity index (χ1n) is 11.2. The van der Waals surface area contributed by atoms with Crippen LogP contribution in [0.1, 0.15) is 23.5 Å². The molecular formula is C27H26N4O3S. The molecule has 2 atom stereocenters. The molecule has 0 saturated carbocycles. The van der Waals surface area contributed by atoms with Gasteiger partial charge in [-0.15, -0.1) is 0 Å². The molecule has 1 N–H and O–H groups in total. The molecule has 1 saturated heterocycles. The molecule has 3 heterocycles. The van der Waals surface area contributed by atoms with Gasteiger partial charge < -0.3 is 29.0 Å². The highest BCUT2D eigenvalue weighted by Gasteiger charge is 2.43. The van der Waals surface area contributed by atoms with Crippen molar-refractivity contribution in [2.75, 3.05) is 26.2 Å². The van der Waals surface area contributed by atoms with Gasteiger partial charge in [0.15, 0.2) is 5.11 Å². The Bertz CT molecular complexity index is 1320. The van der Waals surface area contributed by atoms with Gasteiger partial charge in [-0.25, -0.2) is 0 Å². The number of rotatable bonds is 7. The van der Waals surface area contributed by atoms with Gasteiger partial charge in [-0.2, -0.15) is 0 Å². The number of thiocarbonyl (C=S) groups is 1. The highest BCUT2D eigenvalue weighted by Crippen LogP contribution is 2.46. The summed E-state index contributed by atoms with van der Waals surface area (Å²) < 4.78 is 18.8. The van der Waals surface area contributed by atoms with Crippen molar-refractivity contribution in [3.05, 3.63) is 96.6 Å². The van der Waals surface area contributed by atoms with Crippen molar-refractivity contribution in [2.24, 2.45) is 0 Å². The van der Waals surface area contributed by atoms with Crippen LogP contribution in [0.15, 0.2) is 85.2 Å². The molecule has 0 bridgehead atoms. The predicted molar refractivity (Wildman–Crippen MR) is 140 cm³/mol. The van der Waals surface area contributed by atoms with Crippen LogP contribution in [-0.4, -0.2) is 36.0 Å². The van der Waals surface area contributed by atoms with Gasteiger partial charge in [-0.1, -0.05) is 6.07 Å². The van der Waals surface area contributed by atoms with E-state index in [-0.39, 0.29) is 12.1 Å². The third-order valence-corrected chi connectivity index (χ3v) is 6.49. The number of hydrogen-bond donors (Lipinski definition) is 1. The van der Waals surface area contributed by atoms with Crippen LogP contribution < -0.4 is 24.4 Å². The fourth-order valence-corrected chi connectivity index (χ4v) is 4.85. The number of nitrogens with zero attached hydrogens (tertiary/aromatic N) is 3. The third-order valence-electron chi connectivity index (χ3n) is 6.18. The molecule has 1 aliphatic heterocycles. The topological polar surface area (TPSA) is 60.8 Å². The maximum Gasteiger partial charge on any atom is 0.174 e. The first-order valence-corrected chi connectivity index (χ1v) is 11.6. The summed E-state index contributed by atoms with van der Waals surface area (Å²) in [6, 6.07) is 23.4. The van der Waals surface area contributed by atoms with E-state index in [1.165, 1.54) is 0 Å². The SMILES string of the molecule is COc1ccc(-n2cccc2[C@H]2[C@@H](c3ccccn3)NC(=S)N2c2cc(OC)ccc2OC)cc1. The molecule has 1 fully saturated rings. The lowest BCUT2D eigenvalue weighted by atomic mass is 10.0. The maximum atomic E-state index is 5.90. The van der Waals surface area contributed by atoms with E-state index in [0.29, 0.717) is 16.6 Å². The van der Waals surface area contributed by atoms with Gasteiger partial charge in [0.05, 0.1) is 38.8 Å². The normalized spacial score (nSPS) is 17.2. The second kappa shape index (κ2) is 9.68. The Morgan fingerprint density at radius 2 is 1.63 bits per heavy atom. The summed E-state index contributed by atoms with van der Waals surface area (Å²) in [5.41, 5.74) is 3.77. The van der Waals surface area contributed by atoms with E-state index in [1.54, 1.807) is 27.5 Å². The molecule has 0 radical (unpaired) electrons. The maximum absolute atomic E-state index is 5.90. The molecule has 1 aliphatic rings. The number of pyridine rings is 1. The van der Waals surface area contributed by atoms with Gasteiger partial charge in [0.2, 0.25) is 0 Å². The minimum atomic E-state index is -0.212. The minimum absolute atomic E-state index is 0.188. The van der Waals surface area contributed by atoms with Crippen LogP contribution >= 0.6 is 12.2 Å². The summed E-state index contributed by atoms with van der Waals surface area (Å²) in [4.78, 5) is 6.74. The van der Waals surface area contributed by atoms with Gasteiger partial charge in [0, 0.05) is 29.8 Å². The number of ether oxygens (including phenoxy) is 3. The van der Waals surface area contributed by atoms with Crippen LogP contribution in [0.2, 0.25) is 0 Å². The molecule has 5 rings (SSSR count). The summed E-state index contributed by atoms with van der Waals surface area (Å²) in [6.07, 6.45) is 3.85. The summed E-state index contributed by atoms with van der Waals surface area (Å²) in [5, 5.41) is 4.09. The van der Waals surface area contributed by atoms with Crippen LogP contribution in [0, 0.1) is 0 Å². The molecule has 0 unspecified atom stereocenters. The summed E-state index contributed by atoms with van der Waals surface area (Å²) in [7, 11) is 4.97. The molecule has 0 spiro atoms. The Labute approximate surface area is 209 Å². The largest absolute Gasteiger partial charge is 0.497 e. The monoisotopic (exact) mass is 486 g/mol. The number of aromatic nitrogens is 2. The van der Waals surface area contributed by atoms with Crippen LogP contribution in [0.25, 0.3) is 5.69 Å². The third kappa shape index (κ3) is 4.17. The molecule has 4 aromatic rings. The second-order valence-electron chi connectivity index (χ2n) is 8.04. The number of anilines is 1. The molecule has 35 heavy (non-hydrogen) atoms. The zero-order valence-corrected chi connectivity index (χ0v) is 20.5. The Morgan fingerprint density at radius 1 is 0.857 bits per heavy atom. The van der Waals surface area contributed by atoms with Gasteiger partial charge >= 0.3 is 0 Å². The molecule has 0 amide bonds. The van der Waals surface area contributed by atoms with E-state index < -0.39 is 0 Å². The molecule has 0 aliphatic carbocycles. The van der Waals surface area contributed by atoms with E-state index >= 15 is 0 Å². The molecule has 2 aromatic heterocycles. The van der Waals surface area contributed by atoms with Crippen molar-refractivity contribution < 1.29 is 14.2 Å². The lowest BCUT2D eigenvalue weighted by Gasteiger charge is -2.30. The fourth-order valence-electron chi connectivity index (χ4n) is 4.51. The minimum Gasteiger partial charge on any atom is -0.497 e. The van der Waals surface area contributed by atoms with Crippen molar-refractivity contribution in [1.29, 1.82) is 0 Å². The molecular weight excluding hydrogens is 460 g/mol. The summed E-state index contributed by atoms with van der Waals surface area (Å²) in [5.74, 6) is 2.22. The van der Waals surface area contributed by atoms with Gasteiger partial charge in [0.1, 0.15) is 23.3 Å². The summed E-state index contributed by atoms with van der Waals surface area (Å²) >= 11 is 5.90. The van der Waals surface area contributed by atoms with Gasteiger partial charge in [-0.05, 0) is 72.9 Å². The Morgan fingerprint density at radius 3 is 2.31 bits per heavy atom. The van der Waals surface area contributed by atoms with Crippen LogP contribution in [0.5, 0.6) is 17.2 Å². The number of nitrogens with one attached hydrogen (secondary N) is 1. The Balaban J connectivity index is 1.68. The fraction of sp³-hybridized carbons (Fsp3) is 0.185. The molecule has 7 nitrogen and oxygen atoms in total. The van der Waals surface area contributed by atoms with Crippen LogP contribution in [0.4, 0.5) is 5.69 Å². The average Bonchev–Trinajstić information content (AvgIpc) is 3.53. The quantitative estimate of drug-likeness (QED) is 0.366. The Hall–Kier alpha value is -4.04. The van der Waals surface area contributed by atoms with Crippen LogP contribution in [-0.2, 0) is 0 Å². The lowest BCUT2D eigenvalue weighted by molar-refractivity contribution is 0.402. The van der Waals surface area contributed by atoms with Crippen molar-refractivity contribution >= 4 is 23.0 Å². The molecule has 8 heteroatoms. The first-order chi connectivity index (χ1) is 17.1. The molecule has 178 valence electrons. The number of hydrogen-bond acceptors (Lipinski definition) is 5. The zero-order valence-electron chi connectivity index (χ0n) is 19.7. The second-order valence-corrected chi connectivity index (χ2v) is 8.42. The Kier molecular flexibility index (Phi) is 6.29.